The highest BCUT2D eigenvalue weighted by atomic mass is 16.2. The number of nitrogens with zero attached hydrogens (tertiary/aromatic N) is 4. The molecule has 1 saturated carbocycles. The Morgan fingerprint density at radius 3 is 2.44 bits per heavy atom. The van der Waals surface area contributed by atoms with E-state index in [1.807, 2.05) is 12.4 Å². The molecule has 0 N–H and O–H groups in total. The Bertz CT molecular complexity index is 753. The Balaban J connectivity index is 1.36. The molecule has 1 aliphatic heterocycles. The number of hydrogen-bond donors (Lipinski definition) is 0. The average Bonchev–Trinajstić information content (AvgIpc) is 3.19. The second-order valence-electron chi connectivity index (χ2n) is 8.01. The second kappa shape index (κ2) is 8.15. The van der Waals surface area contributed by atoms with Crippen LogP contribution in [-0.2, 0) is 4.79 Å². The number of anilines is 1. The second-order valence-corrected chi connectivity index (χ2v) is 8.01. The summed E-state index contributed by atoms with van der Waals surface area (Å²) in [5.41, 5.74) is 2.38. The van der Waals surface area contributed by atoms with E-state index < -0.39 is 0 Å². The van der Waals surface area contributed by atoms with Gasteiger partial charge in [-0.05, 0) is 37.8 Å². The van der Waals surface area contributed by atoms with Gasteiger partial charge in [-0.3, -0.25) is 9.36 Å². The number of carbonyl (C=O) groups is 1. The van der Waals surface area contributed by atoms with E-state index in [1.54, 1.807) is 0 Å². The third-order valence-corrected chi connectivity index (χ3v) is 6.04. The van der Waals surface area contributed by atoms with Crippen molar-refractivity contribution in [1.82, 2.24) is 14.5 Å². The first-order chi connectivity index (χ1) is 13.2. The van der Waals surface area contributed by atoms with Crippen molar-refractivity contribution in [2.45, 2.75) is 45.4 Å². The van der Waals surface area contributed by atoms with E-state index >= 15 is 0 Å². The predicted octanol–water partition coefficient (Wildman–Crippen LogP) is 3.80. The Morgan fingerprint density at radius 1 is 1.04 bits per heavy atom. The number of benzene rings is 1. The van der Waals surface area contributed by atoms with Gasteiger partial charge < -0.3 is 9.80 Å². The highest BCUT2D eigenvalue weighted by Gasteiger charge is 2.26. The third-order valence-electron chi connectivity index (χ3n) is 6.04. The van der Waals surface area contributed by atoms with Crippen molar-refractivity contribution >= 4 is 11.9 Å². The molecule has 1 saturated heterocycles. The lowest BCUT2D eigenvalue weighted by Gasteiger charge is -2.36. The van der Waals surface area contributed by atoms with Crippen molar-refractivity contribution in [3.63, 3.8) is 0 Å². The average molecular weight is 367 g/mol. The predicted molar refractivity (Wildman–Crippen MR) is 108 cm³/mol. The molecule has 0 atom stereocenters. The van der Waals surface area contributed by atoms with Gasteiger partial charge in [-0.15, -0.1) is 0 Å². The number of aryl methyl sites for hydroxylation is 1. The quantitative estimate of drug-likeness (QED) is 0.826. The molecule has 27 heavy (non-hydrogen) atoms. The van der Waals surface area contributed by atoms with Crippen LogP contribution in [0.1, 0.15) is 44.1 Å². The fraction of sp³-hybridized carbons (Fsp3) is 0.545. The molecule has 1 amide bonds. The molecule has 144 valence electrons. The van der Waals surface area contributed by atoms with Gasteiger partial charge in [0.25, 0.3) is 0 Å². The number of aromatic nitrogens is 2. The van der Waals surface area contributed by atoms with E-state index in [-0.39, 0.29) is 0 Å². The molecule has 2 heterocycles. The molecule has 5 nitrogen and oxygen atoms in total. The van der Waals surface area contributed by atoms with Crippen LogP contribution in [0.4, 0.5) is 5.95 Å². The van der Waals surface area contributed by atoms with Crippen molar-refractivity contribution in [2.24, 2.45) is 5.92 Å². The lowest BCUT2D eigenvalue weighted by atomic mass is 9.86. The van der Waals surface area contributed by atoms with Gasteiger partial charge in [0.2, 0.25) is 11.9 Å². The van der Waals surface area contributed by atoms with Gasteiger partial charge in [-0.1, -0.05) is 37.0 Å². The lowest BCUT2D eigenvalue weighted by molar-refractivity contribution is -0.132. The molecule has 2 fully saturated rings. The summed E-state index contributed by atoms with van der Waals surface area (Å²) in [5, 5.41) is 0. The number of imidazole rings is 1. The van der Waals surface area contributed by atoms with Crippen LogP contribution in [0.5, 0.6) is 0 Å². The molecule has 0 unspecified atom stereocenters. The Morgan fingerprint density at radius 2 is 1.74 bits per heavy atom. The summed E-state index contributed by atoms with van der Waals surface area (Å²) in [6.45, 7) is 5.39. The van der Waals surface area contributed by atoms with Gasteiger partial charge in [0, 0.05) is 50.7 Å². The number of rotatable bonds is 4. The molecule has 0 radical (unpaired) electrons. The highest BCUT2D eigenvalue weighted by molar-refractivity contribution is 5.76. The fourth-order valence-electron chi connectivity index (χ4n) is 4.36. The maximum absolute atomic E-state index is 12.7. The van der Waals surface area contributed by atoms with E-state index in [0.29, 0.717) is 11.8 Å². The normalized spacial score (nSPS) is 18.7. The minimum absolute atomic E-state index is 0.350. The topological polar surface area (TPSA) is 41.4 Å². The third kappa shape index (κ3) is 4.18. The highest BCUT2D eigenvalue weighted by Crippen LogP contribution is 2.27. The van der Waals surface area contributed by atoms with Gasteiger partial charge in [0.05, 0.1) is 0 Å². The van der Waals surface area contributed by atoms with Crippen molar-refractivity contribution in [3.8, 4) is 5.69 Å². The monoisotopic (exact) mass is 366 g/mol. The number of amides is 1. The minimum Gasteiger partial charge on any atom is -0.339 e. The smallest absolute Gasteiger partial charge is 0.222 e. The van der Waals surface area contributed by atoms with E-state index in [2.05, 4.69) is 50.5 Å². The molecular formula is C22H30N4O. The molecule has 2 aliphatic rings. The summed E-state index contributed by atoms with van der Waals surface area (Å²) in [6, 6.07) is 8.51. The molecule has 0 spiro atoms. The molecule has 5 heteroatoms. The van der Waals surface area contributed by atoms with E-state index in [1.165, 1.54) is 37.7 Å². The fourth-order valence-corrected chi connectivity index (χ4v) is 4.36. The van der Waals surface area contributed by atoms with Crippen LogP contribution in [0, 0.1) is 12.8 Å². The van der Waals surface area contributed by atoms with Crippen LogP contribution in [0.15, 0.2) is 36.7 Å². The lowest BCUT2D eigenvalue weighted by Crippen LogP contribution is -2.49. The van der Waals surface area contributed by atoms with Gasteiger partial charge >= 0.3 is 0 Å². The molecule has 0 bridgehead atoms. The summed E-state index contributed by atoms with van der Waals surface area (Å²) < 4.78 is 2.14. The Labute approximate surface area is 162 Å². The largest absolute Gasteiger partial charge is 0.339 e. The van der Waals surface area contributed by atoms with Crippen LogP contribution < -0.4 is 4.90 Å². The summed E-state index contributed by atoms with van der Waals surface area (Å²) in [6.07, 6.45) is 11.0. The van der Waals surface area contributed by atoms with Crippen LogP contribution in [0.3, 0.4) is 0 Å². The zero-order chi connectivity index (χ0) is 18.6. The zero-order valence-corrected chi connectivity index (χ0v) is 16.3. The minimum atomic E-state index is 0.350. The van der Waals surface area contributed by atoms with Crippen molar-refractivity contribution in [1.29, 1.82) is 0 Å². The SMILES string of the molecule is Cc1ccc(-n2ccnc2N2CCN(C(=O)CC3CCCCC3)CC2)cc1. The first-order valence-corrected chi connectivity index (χ1v) is 10.3. The first-order valence-electron chi connectivity index (χ1n) is 10.3. The van der Waals surface area contributed by atoms with E-state index in [4.69, 9.17) is 0 Å². The van der Waals surface area contributed by atoms with Crippen LogP contribution in [0.2, 0.25) is 0 Å². The summed E-state index contributed by atoms with van der Waals surface area (Å²) in [7, 11) is 0. The van der Waals surface area contributed by atoms with E-state index in [9.17, 15) is 4.79 Å². The molecule has 1 aliphatic carbocycles. The van der Waals surface area contributed by atoms with E-state index in [0.717, 1.165) is 44.2 Å². The summed E-state index contributed by atoms with van der Waals surface area (Å²) >= 11 is 0. The Kier molecular flexibility index (Phi) is 5.46. The molecule has 4 rings (SSSR count). The first kappa shape index (κ1) is 18.1. The number of carbonyl (C=O) groups excluding carboxylic acids is 1. The summed E-state index contributed by atoms with van der Waals surface area (Å²) in [4.78, 5) is 21.6. The molecule has 1 aromatic carbocycles. The molecular weight excluding hydrogens is 336 g/mol. The van der Waals surface area contributed by atoms with Crippen LogP contribution in [0.25, 0.3) is 5.69 Å². The van der Waals surface area contributed by atoms with Crippen molar-refractivity contribution in [2.75, 3.05) is 31.1 Å². The molecule has 2 aromatic rings. The van der Waals surface area contributed by atoms with Gasteiger partial charge in [0.15, 0.2) is 0 Å². The Hall–Kier alpha value is -2.30. The maximum atomic E-state index is 12.7. The van der Waals surface area contributed by atoms with Crippen molar-refractivity contribution in [3.05, 3.63) is 42.2 Å². The standard InChI is InChI=1S/C22H30N4O/c1-18-7-9-20(10-8-18)26-12-11-23-22(26)25-15-13-24(14-16-25)21(27)17-19-5-3-2-4-6-19/h7-12,19H,2-6,13-17H2,1H3. The maximum Gasteiger partial charge on any atom is 0.222 e. The zero-order valence-electron chi connectivity index (χ0n) is 16.3. The van der Waals surface area contributed by atoms with Gasteiger partial charge in [-0.2, -0.15) is 0 Å². The van der Waals surface area contributed by atoms with Crippen molar-refractivity contribution < 1.29 is 4.79 Å². The molecule has 1 aromatic heterocycles. The number of hydrogen-bond acceptors (Lipinski definition) is 3. The summed E-state index contributed by atoms with van der Waals surface area (Å²) in [5.74, 6) is 1.94. The van der Waals surface area contributed by atoms with Crippen LogP contribution in [-0.4, -0.2) is 46.5 Å². The van der Waals surface area contributed by atoms with Gasteiger partial charge in [0.1, 0.15) is 0 Å². The van der Waals surface area contributed by atoms with Gasteiger partial charge in [-0.25, -0.2) is 4.98 Å². The van der Waals surface area contributed by atoms with Crippen LogP contribution >= 0.6 is 0 Å². The number of piperazine rings is 1.